The highest BCUT2D eigenvalue weighted by molar-refractivity contribution is 7.89. The molecule has 1 aliphatic carbocycles. The van der Waals surface area contributed by atoms with Crippen molar-refractivity contribution in [2.45, 2.75) is 43.5 Å². The predicted octanol–water partition coefficient (Wildman–Crippen LogP) is 1.22. The SMILES string of the molecule is CC1CCCC(NS(=O)(=O)c2ccc(C(N)=O)cc2N)C1. The van der Waals surface area contributed by atoms with Crippen LogP contribution in [-0.2, 0) is 10.0 Å². The fourth-order valence-corrected chi connectivity index (χ4v) is 4.17. The van der Waals surface area contributed by atoms with Gasteiger partial charge in [-0.25, -0.2) is 13.1 Å². The van der Waals surface area contributed by atoms with Gasteiger partial charge in [-0.3, -0.25) is 4.79 Å². The monoisotopic (exact) mass is 311 g/mol. The highest BCUT2D eigenvalue weighted by Crippen LogP contribution is 2.26. The van der Waals surface area contributed by atoms with Gasteiger partial charge in [-0.15, -0.1) is 0 Å². The van der Waals surface area contributed by atoms with E-state index in [1.807, 2.05) is 0 Å². The molecule has 0 aliphatic heterocycles. The lowest BCUT2D eigenvalue weighted by Crippen LogP contribution is -2.38. The fourth-order valence-electron chi connectivity index (χ4n) is 2.77. The van der Waals surface area contributed by atoms with E-state index in [0.29, 0.717) is 5.92 Å². The molecule has 1 aliphatic rings. The molecular weight excluding hydrogens is 290 g/mol. The number of benzene rings is 1. The molecule has 2 unspecified atom stereocenters. The van der Waals surface area contributed by atoms with Crippen molar-refractivity contribution in [1.29, 1.82) is 0 Å². The molecule has 1 fully saturated rings. The number of nitrogens with one attached hydrogen (secondary N) is 1. The highest BCUT2D eigenvalue weighted by Gasteiger charge is 2.26. The third-order valence-electron chi connectivity index (χ3n) is 3.84. The Morgan fingerprint density at radius 2 is 2.05 bits per heavy atom. The molecule has 5 N–H and O–H groups in total. The van der Waals surface area contributed by atoms with Crippen LogP contribution in [0.15, 0.2) is 23.1 Å². The van der Waals surface area contributed by atoms with E-state index < -0.39 is 15.9 Å². The topological polar surface area (TPSA) is 115 Å². The summed E-state index contributed by atoms with van der Waals surface area (Å²) in [7, 11) is -3.68. The van der Waals surface area contributed by atoms with Gasteiger partial charge >= 0.3 is 0 Å². The molecule has 7 heteroatoms. The Hall–Kier alpha value is -1.60. The molecule has 1 aromatic rings. The zero-order valence-corrected chi connectivity index (χ0v) is 12.8. The molecule has 2 rings (SSSR count). The van der Waals surface area contributed by atoms with Gasteiger partial charge in [0, 0.05) is 11.6 Å². The first kappa shape index (κ1) is 15.8. The molecule has 0 saturated heterocycles. The maximum Gasteiger partial charge on any atom is 0.248 e. The number of rotatable bonds is 4. The minimum atomic E-state index is -3.68. The van der Waals surface area contributed by atoms with Crippen molar-refractivity contribution in [3.63, 3.8) is 0 Å². The third-order valence-corrected chi connectivity index (χ3v) is 5.44. The molecule has 0 spiro atoms. The van der Waals surface area contributed by atoms with Gasteiger partial charge in [-0.2, -0.15) is 0 Å². The van der Waals surface area contributed by atoms with Crippen LogP contribution >= 0.6 is 0 Å². The predicted molar refractivity (Wildman–Crippen MR) is 81.1 cm³/mol. The van der Waals surface area contributed by atoms with E-state index >= 15 is 0 Å². The average Bonchev–Trinajstić information content (AvgIpc) is 2.37. The Bertz CT molecular complexity index is 643. The first-order valence-corrected chi connectivity index (χ1v) is 8.49. The van der Waals surface area contributed by atoms with Gasteiger partial charge in [0.1, 0.15) is 4.90 Å². The lowest BCUT2D eigenvalue weighted by atomic mass is 9.88. The van der Waals surface area contributed by atoms with E-state index in [-0.39, 0.29) is 22.2 Å². The van der Waals surface area contributed by atoms with E-state index in [0.717, 1.165) is 25.7 Å². The maximum absolute atomic E-state index is 12.4. The Morgan fingerprint density at radius 3 is 2.62 bits per heavy atom. The summed E-state index contributed by atoms with van der Waals surface area (Å²) >= 11 is 0. The number of carbonyl (C=O) groups is 1. The van der Waals surface area contributed by atoms with E-state index in [1.54, 1.807) is 0 Å². The number of amides is 1. The largest absolute Gasteiger partial charge is 0.398 e. The Labute approximate surface area is 124 Å². The standard InChI is InChI=1S/C14H21N3O3S/c1-9-3-2-4-11(7-9)17-21(19,20)13-6-5-10(14(16)18)8-12(13)15/h5-6,8-9,11,17H,2-4,7,15H2,1H3,(H2,16,18). The van der Waals surface area contributed by atoms with E-state index in [9.17, 15) is 13.2 Å². The average molecular weight is 311 g/mol. The normalized spacial score (nSPS) is 22.9. The minimum Gasteiger partial charge on any atom is -0.398 e. The second kappa shape index (κ2) is 6.03. The highest BCUT2D eigenvalue weighted by atomic mass is 32.2. The number of primary amides is 1. The van der Waals surface area contributed by atoms with Crippen LogP contribution in [0.4, 0.5) is 5.69 Å². The molecule has 0 radical (unpaired) electrons. The number of nitrogen functional groups attached to an aromatic ring is 1. The smallest absolute Gasteiger partial charge is 0.248 e. The van der Waals surface area contributed by atoms with Crippen LogP contribution in [0.3, 0.4) is 0 Å². The van der Waals surface area contributed by atoms with Gasteiger partial charge in [0.05, 0.1) is 5.69 Å². The second-order valence-electron chi connectivity index (χ2n) is 5.71. The first-order chi connectivity index (χ1) is 9.79. The van der Waals surface area contributed by atoms with Crippen LogP contribution in [0, 0.1) is 5.92 Å². The summed E-state index contributed by atoms with van der Waals surface area (Å²) in [4.78, 5) is 11.1. The Morgan fingerprint density at radius 1 is 1.33 bits per heavy atom. The molecule has 116 valence electrons. The van der Waals surface area contributed by atoms with Gasteiger partial charge in [0.2, 0.25) is 15.9 Å². The lowest BCUT2D eigenvalue weighted by Gasteiger charge is -2.27. The summed E-state index contributed by atoms with van der Waals surface area (Å²) in [5.41, 5.74) is 11.1. The van der Waals surface area contributed by atoms with Gasteiger partial charge < -0.3 is 11.5 Å². The molecule has 0 aromatic heterocycles. The minimum absolute atomic E-state index is 0.00859. The third kappa shape index (κ3) is 3.74. The molecule has 1 amide bonds. The summed E-state index contributed by atoms with van der Waals surface area (Å²) in [6.45, 7) is 2.12. The van der Waals surface area contributed by atoms with Crippen molar-refractivity contribution in [3.05, 3.63) is 23.8 Å². The van der Waals surface area contributed by atoms with Crippen LogP contribution in [0.1, 0.15) is 43.0 Å². The summed E-state index contributed by atoms with van der Waals surface area (Å²) in [6, 6.07) is 3.93. The molecule has 1 aromatic carbocycles. The van der Waals surface area contributed by atoms with Crippen molar-refractivity contribution in [3.8, 4) is 0 Å². The van der Waals surface area contributed by atoms with Crippen molar-refractivity contribution in [2.24, 2.45) is 11.7 Å². The van der Waals surface area contributed by atoms with Gasteiger partial charge in [-0.05, 0) is 37.0 Å². The number of hydrogen-bond donors (Lipinski definition) is 3. The summed E-state index contributed by atoms with van der Waals surface area (Å²) in [5, 5.41) is 0. The molecule has 2 atom stereocenters. The molecule has 0 bridgehead atoms. The van der Waals surface area contributed by atoms with E-state index in [1.165, 1.54) is 18.2 Å². The maximum atomic E-state index is 12.4. The Kier molecular flexibility index (Phi) is 4.53. The van der Waals surface area contributed by atoms with Crippen LogP contribution in [0.5, 0.6) is 0 Å². The van der Waals surface area contributed by atoms with Gasteiger partial charge in [-0.1, -0.05) is 19.8 Å². The first-order valence-electron chi connectivity index (χ1n) is 7.01. The zero-order chi connectivity index (χ0) is 15.6. The number of hydrogen-bond acceptors (Lipinski definition) is 4. The lowest BCUT2D eigenvalue weighted by molar-refractivity contribution is 0.1000. The molecule has 6 nitrogen and oxygen atoms in total. The quantitative estimate of drug-likeness (QED) is 0.725. The molecular formula is C14H21N3O3S. The fraction of sp³-hybridized carbons (Fsp3) is 0.500. The van der Waals surface area contributed by atoms with Crippen LogP contribution < -0.4 is 16.2 Å². The van der Waals surface area contributed by atoms with Crippen molar-refractivity contribution >= 4 is 21.6 Å². The van der Waals surface area contributed by atoms with Gasteiger partial charge in [0.15, 0.2) is 0 Å². The zero-order valence-electron chi connectivity index (χ0n) is 12.0. The summed E-state index contributed by atoms with van der Waals surface area (Å²) < 4.78 is 27.5. The van der Waals surface area contributed by atoms with E-state index in [4.69, 9.17) is 11.5 Å². The van der Waals surface area contributed by atoms with Gasteiger partial charge in [0.25, 0.3) is 0 Å². The number of carbonyl (C=O) groups excluding carboxylic acids is 1. The summed E-state index contributed by atoms with van der Waals surface area (Å²) in [6.07, 6.45) is 3.82. The molecule has 21 heavy (non-hydrogen) atoms. The second-order valence-corrected chi connectivity index (χ2v) is 7.39. The number of sulfonamides is 1. The Balaban J connectivity index is 2.21. The van der Waals surface area contributed by atoms with Crippen molar-refractivity contribution in [1.82, 2.24) is 4.72 Å². The van der Waals surface area contributed by atoms with Crippen molar-refractivity contribution in [2.75, 3.05) is 5.73 Å². The van der Waals surface area contributed by atoms with Crippen LogP contribution in [-0.4, -0.2) is 20.4 Å². The van der Waals surface area contributed by atoms with Crippen molar-refractivity contribution < 1.29 is 13.2 Å². The van der Waals surface area contributed by atoms with Crippen LogP contribution in [0.25, 0.3) is 0 Å². The number of nitrogens with two attached hydrogens (primary N) is 2. The van der Waals surface area contributed by atoms with E-state index in [2.05, 4.69) is 11.6 Å². The summed E-state index contributed by atoms with van der Waals surface area (Å²) in [5.74, 6) is -0.124. The molecule has 0 heterocycles. The van der Waals surface area contributed by atoms with Crippen LogP contribution in [0.2, 0.25) is 0 Å². The molecule has 1 saturated carbocycles. The number of anilines is 1.